The number of hydrogen-bond acceptors (Lipinski definition) is 7. The Kier molecular flexibility index (Phi) is 6.69. The number of rotatable bonds is 7. The van der Waals surface area contributed by atoms with Gasteiger partial charge in [-0.25, -0.2) is 0 Å². The van der Waals surface area contributed by atoms with Crippen LogP contribution in [0, 0.1) is 11.3 Å². The van der Waals surface area contributed by atoms with Gasteiger partial charge in [0.1, 0.15) is 0 Å². The zero-order chi connectivity index (χ0) is 16.0. The van der Waals surface area contributed by atoms with Crippen LogP contribution in [-0.2, 0) is 0 Å². The summed E-state index contributed by atoms with van der Waals surface area (Å²) in [6, 6.07) is 2.91. The van der Waals surface area contributed by atoms with Gasteiger partial charge in [-0.05, 0) is 41.5 Å². The number of hydrogen-bond donors (Lipinski definition) is 1. The normalized spacial score (nSPS) is 11.0. The predicted molar refractivity (Wildman–Crippen MR) is 87.7 cm³/mol. The van der Waals surface area contributed by atoms with E-state index in [1.165, 1.54) is 11.8 Å². The highest BCUT2D eigenvalue weighted by Gasteiger charge is 2.19. The van der Waals surface area contributed by atoms with Crippen LogP contribution in [0.15, 0.2) is 5.16 Å². The zero-order valence-corrected chi connectivity index (χ0v) is 14.4. The van der Waals surface area contributed by atoms with Crippen LogP contribution in [0.2, 0.25) is 0 Å². The van der Waals surface area contributed by atoms with E-state index in [-0.39, 0.29) is 18.1 Å². The van der Waals surface area contributed by atoms with Gasteiger partial charge >= 0.3 is 0 Å². The van der Waals surface area contributed by atoms with E-state index in [0.717, 1.165) is 0 Å². The van der Waals surface area contributed by atoms with Crippen molar-refractivity contribution in [2.24, 2.45) is 0 Å². The van der Waals surface area contributed by atoms with Crippen LogP contribution in [-0.4, -0.2) is 38.8 Å². The van der Waals surface area contributed by atoms with E-state index < -0.39 is 0 Å². The van der Waals surface area contributed by atoms with Crippen molar-refractivity contribution in [3.8, 4) is 6.07 Å². The maximum absolute atomic E-state index is 8.73. The van der Waals surface area contributed by atoms with E-state index in [4.69, 9.17) is 5.26 Å². The second-order valence-corrected chi connectivity index (χ2v) is 6.52. The smallest absolute Gasteiger partial charge is 0.231 e. The predicted octanol–water partition coefficient (Wildman–Crippen LogP) is 2.93. The van der Waals surface area contributed by atoms with E-state index >= 15 is 0 Å². The van der Waals surface area contributed by atoms with Gasteiger partial charge in [0, 0.05) is 18.1 Å². The fraction of sp³-hybridized carbons (Fsp3) is 0.714. The molecular formula is C14H24N6S. The van der Waals surface area contributed by atoms with E-state index in [1.807, 2.05) is 13.8 Å². The first-order chi connectivity index (χ1) is 9.85. The molecule has 0 bridgehead atoms. The Labute approximate surface area is 131 Å². The molecule has 0 fully saturated rings. The number of nitrogens with one attached hydrogen (secondary N) is 1. The summed E-state index contributed by atoms with van der Waals surface area (Å²) in [4.78, 5) is 15.5. The molecule has 6 nitrogen and oxygen atoms in total. The van der Waals surface area contributed by atoms with E-state index in [1.54, 1.807) is 0 Å². The fourth-order valence-corrected chi connectivity index (χ4v) is 2.49. The van der Waals surface area contributed by atoms with Gasteiger partial charge in [0.05, 0.1) is 11.8 Å². The summed E-state index contributed by atoms with van der Waals surface area (Å²) in [5, 5.41) is 12.5. The Morgan fingerprint density at radius 1 is 1.10 bits per heavy atom. The molecule has 1 aromatic heterocycles. The first-order valence-electron chi connectivity index (χ1n) is 7.15. The molecule has 1 N–H and O–H groups in total. The summed E-state index contributed by atoms with van der Waals surface area (Å²) in [6.45, 7) is 12.5. The lowest BCUT2D eigenvalue weighted by molar-refractivity contribution is 0.585. The first-order valence-corrected chi connectivity index (χ1v) is 8.14. The second-order valence-electron chi connectivity index (χ2n) is 5.58. The van der Waals surface area contributed by atoms with Gasteiger partial charge in [-0.3, -0.25) is 0 Å². The Morgan fingerprint density at radius 2 is 1.71 bits per heavy atom. The minimum atomic E-state index is 0.237. The molecule has 0 aliphatic heterocycles. The Morgan fingerprint density at radius 3 is 2.19 bits per heavy atom. The number of nitriles is 1. The molecule has 0 aliphatic rings. The average Bonchev–Trinajstić information content (AvgIpc) is 2.34. The molecule has 1 rings (SSSR count). The monoisotopic (exact) mass is 308 g/mol. The molecular weight excluding hydrogens is 284 g/mol. The highest BCUT2D eigenvalue weighted by molar-refractivity contribution is 7.99. The second kappa shape index (κ2) is 8.03. The number of nitrogens with zero attached hydrogens (tertiary/aromatic N) is 5. The Balaban J connectivity index is 3.19. The SMILES string of the molecule is CC(C)Nc1nc(SCC#N)nc(N(C(C)C)C(C)C)n1. The molecule has 0 saturated carbocycles. The van der Waals surface area contributed by atoms with Gasteiger partial charge in [0.15, 0.2) is 5.16 Å². The molecule has 0 aromatic carbocycles. The van der Waals surface area contributed by atoms with E-state index in [2.05, 4.69) is 58.9 Å². The van der Waals surface area contributed by atoms with Crippen molar-refractivity contribution in [3.05, 3.63) is 0 Å². The van der Waals surface area contributed by atoms with Crippen molar-refractivity contribution < 1.29 is 0 Å². The van der Waals surface area contributed by atoms with Gasteiger partial charge in [-0.15, -0.1) is 0 Å². The first kappa shape index (κ1) is 17.5. The molecule has 1 heterocycles. The maximum atomic E-state index is 8.73. The van der Waals surface area contributed by atoms with Crippen LogP contribution in [0.25, 0.3) is 0 Å². The van der Waals surface area contributed by atoms with Crippen molar-refractivity contribution in [1.29, 1.82) is 5.26 Å². The molecule has 7 heteroatoms. The molecule has 0 unspecified atom stereocenters. The Bertz CT molecular complexity index is 487. The van der Waals surface area contributed by atoms with Crippen molar-refractivity contribution in [2.45, 2.75) is 64.8 Å². The number of anilines is 2. The summed E-state index contributed by atoms with van der Waals surface area (Å²) >= 11 is 1.33. The number of thioether (sulfide) groups is 1. The van der Waals surface area contributed by atoms with Gasteiger partial charge < -0.3 is 10.2 Å². The van der Waals surface area contributed by atoms with Gasteiger partial charge in [0.2, 0.25) is 11.9 Å². The fourth-order valence-electron chi connectivity index (χ4n) is 2.00. The summed E-state index contributed by atoms with van der Waals surface area (Å²) in [6.07, 6.45) is 0. The minimum Gasteiger partial charge on any atom is -0.352 e. The standard InChI is InChI=1S/C14H24N6S/c1-9(2)16-12-17-13(20(10(3)4)11(5)6)19-14(18-12)21-8-7-15/h9-11H,8H2,1-6H3,(H,16,17,18,19). The summed E-state index contributed by atoms with van der Waals surface area (Å²) in [5.74, 6) is 1.54. The van der Waals surface area contributed by atoms with Crippen LogP contribution in [0.1, 0.15) is 41.5 Å². The van der Waals surface area contributed by atoms with Crippen LogP contribution in [0.4, 0.5) is 11.9 Å². The van der Waals surface area contributed by atoms with Crippen molar-refractivity contribution >= 4 is 23.7 Å². The molecule has 116 valence electrons. The molecule has 21 heavy (non-hydrogen) atoms. The third-order valence-corrected chi connectivity index (χ3v) is 3.34. The number of aromatic nitrogens is 3. The third-order valence-electron chi connectivity index (χ3n) is 2.63. The van der Waals surface area contributed by atoms with Gasteiger partial charge in [-0.2, -0.15) is 20.2 Å². The lowest BCUT2D eigenvalue weighted by Crippen LogP contribution is -2.38. The molecule has 0 amide bonds. The largest absolute Gasteiger partial charge is 0.352 e. The van der Waals surface area contributed by atoms with Gasteiger partial charge in [0.25, 0.3) is 0 Å². The van der Waals surface area contributed by atoms with Crippen LogP contribution in [0.5, 0.6) is 0 Å². The molecule has 0 aliphatic carbocycles. The lowest BCUT2D eigenvalue weighted by Gasteiger charge is -2.31. The van der Waals surface area contributed by atoms with Gasteiger partial charge in [-0.1, -0.05) is 11.8 Å². The average molecular weight is 308 g/mol. The van der Waals surface area contributed by atoms with Crippen molar-refractivity contribution in [3.63, 3.8) is 0 Å². The Hall–Kier alpha value is -1.55. The van der Waals surface area contributed by atoms with Crippen molar-refractivity contribution in [1.82, 2.24) is 15.0 Å². The molecule has 0 saturated heterocycles. The van der Waals surface area contributed by atoms with E-state index in [9.17, 15) is 0 Å². The molecule has 0 spiro atoms. The topological polar surface area (TPSA) is 77.7 Å². The highest BCUT2D eigenvalue weighted by atomic mass is 32.2. The maximum Gasteiger partial charge on any atom is 0.231 e. The summed E-state index contributed by atoms with van der Waals surface area (Å²) < 4.78 is 0. The van der Waals surface area contributed by atoms with Crippen LogP contribution >= 0.6 is 11.8 Å². The third kappa shape index (κ3) is 5.38. The molecule has 0 atom stereocenters. The minimum absolute atomic E-state index is 0.237. The van der Waals surface area contributed by atoms with E-state index in [0.29, 0.717) is 22.8 Å². The van der Waals surface area contributed by atoms with Crippen LogP contribution in [0.3, 0.4) is 0 Å². The molecule has 1 aromatic rings. The van der Waals surface area contributed by atoms with Crippen LogP contribution < -0.4 is 10.2 Å². The quantitative estimate of drug-likeness (QED) is 0.776. The summed E-state index contributed by atoms with van der Waals surface area (Å²) in [5.41, 5.74) is 0. The zero-order valence-electron chi connectivity index (χ0n) is 13.6. The highest BCUT2D eigenvalue weighted by Crippen LogP contribution is 2.21. The molecule has 0 radical (unpaired) electrons. The lowest BCUT2D eigenvalue weighted by atomic mass is 10.2. The van der Waals surface area contributed by atoms with Crippen molar-refractivity contribution in [2.75, 3.05) is 16.0 Å². The summed E-state index contributed by atoms with van der Waals surface area (Å²) in [7, 11) is 0.